The predicted octanol–water partition coefficient (Wildman–Crippen LogP) is 2.89. The minimum Gasteiger partial charge on any atom is -0.490 e. The van der Waals surface area contributed by atoms with Crippen LogP contribution < -0.4 is 14.8 Å². The molecule has 106 valence electrons. The van der Waals surface area contributed by atoms with E-state index in [1.54, 1.807) is 18.6 Å². The first-order valence-electron chi connectivity index (χ1n) is 6.72. The summed E-state index contributed by atoms with van der Waals surface area (Å²) < 4.78 is 11.1. The maximum absolute atomic E-state index is 5.59. The number of anilines is 1. The summed E-state index contributed by atoms with van der Waals surface area (Å²) in [4.78, 5) is 8.25. The van der Waals surface area contributed by atoms with E-state index in [0.29, 0.717) is 19.8 Å². The Labute approximate surface area is 119 Å². The summed E-state index contributed by atoms with van der Waals surface area (Å²) in [6.07, 6.45) is 5.08. The summed E-state index contributed by atoms with van der Waals surface area (Å²) in [5.74, 6) is 1.51. The molecule has 0 fully saturated rings. The lowest BCUT2D eigenvalue weighted by Gasteiger charge is -2.13. The van der Waals surface area contributed by atoms with Gasteiger partial charge in [-0.05, 0) is 26.0 Å². The van der Waals surface area contributed by atoms with Crippen LogP contribution in [0.5, 0.6) is 11.5 Å². The lowest BCUT2D eigenvalue weighted by molar-refractivity contribution is 0.288. The fraction of sp³-hybridized carbons (Fsp3) is 0.333. The smallest absolute Gasteiger partial charge is 0.163 e. The van der Waals surface area contributed by atoms with Gasteiger partial charge >= 0.3 is 0 Å². The number of benzene rings is 1. The summed E-state index contributed by atoms with van der Waals surface area (Å²) >= 11 is 0. The van der Waals surface area contributed by atoms with E-state index in [0.717, 1.165) is 22.9 Å². The first kappa shape index (κ1) is 14.1. The Morgan fingerprint density at radius 1 is 1.05 bits per heavy atom. The van der Waals surface area contributed by atoms with Gasteiger partial charge in [-0.25, -0.2) is 0 Å². The van der Waals surface area contributed by atoms with Gasteiger partial charge in [0.05, 0.1) is 31.6 Å². The molecular formula is C15H19N3O2. The second kappa shape index (κ2) is 7.33. The van der Waals surface area contributed by atoms with Gasteiger partial charge in [0.25, 0.3) is 0 Å². The van der Waals surface area contributed by atoms with E-state index in [1.165, 1.54) is 0 Å². The molecular weight excluding hydrogens is 254 g/mol. The van der Waals surface area contributed by atoms with Crippen molar-refractivity contribution in [2.45, 2.75) is 20.4 Å². The Kier molecular flexibility index (Phi) is 5.17. The van der Waals surface area contributed by atoms with Crippen molar-refractivity contribution in [3.8, 4) is 11.5 Å². The Balaban J connectivity index is 2.06. The highest BCUT2D eigenvalue weighted by Gasteiger charge is 2.06. The van der Waals surface area contributed by atoms with Gasteiger partial charge in [-0.15, -0.1) is 0 Å². The summed E-state index contributed by atoms with van der Waals surface area (Å²) in [6.45, 7) is 5.75. The maximum atomic E-state index is 5.59. The molecule has 0 spiro atoms. The number of rotatable bonds is 7. The summed E-state index contributed by atoms with van der Waals surface area (Å²) in [6, 6.07) is 5.81. The van der Waals surface area contributed by atoms with Gasteiger partial charge in [-0.3, -0.25) is 9.97 Å². The second-order valence-corrected chi connectivity index (χ2v) is 4.08. The minimum atomic E-state index is 0.605. The number of hydrogen-bond acceptors (Lipinski definition) is 5. The molecule has 1 aromatic carbocycles. The van der Waals surface area contributed by atoms with E-state index in [-0.39, 0.29) is 0 Å². The van der Waals surface area contributed by atoms with Crippen molar-refractivity contribution in [2.24, 2.45) is 0 Å². The minimum absolute atomic E-state index is 0.605. The molecule has 0 saturated carbocycles. The topological polar surface area (TPSA) is 56.3 Å². The molecule has 1 heterocycles. The molecule has 0 aliphatic heterocycles. The molecule has 0 amide bonds. The van der Waals surface area contributed by atoms with Crippen LogP contribution >= 0.6 is 0 Å². The molecule has 5 nitrogen and oxygen atoms in total. The maximum Gasteiger partial charge on any atom is 0.163 e. The van der Waals surface area contributed by atoms with Gasteiger partial charge in [0.1, 0.15) is 0 Å². The molecule has 5 heteroatoms. The first-order valence-corrected chi connectivity index (χ1v) is 6.72. The van der Waals surface area contributed by atoms with Crippen molar-refractivity contribution in [1.29, 1.82) is 0 Å². The zero-order valence-corrected chi connectivity index (χ0v) is 11.8. The van der Waals surface area contributed by atoms with Gasteiger partial charge < -0.3 is 14.8 Å². The normalized spacial score (nSPS) is 10.1. The lowest BCUT2D eigenvalue weighted by atomic mass is 10.2. The second-order valence-electron chi connectivity index (χ2n) is 4.08. The molecule has 0 unspecified atom stereocenters. The highest BCUT2D eigenvalue weighted by Crippen LogP contribution is 2.30. The van der Waals surface area contributed by atoms with Crippen LogP contribution in [0.4, 0.5) is 5.69 Å². The summed E-state index contributed by atoms with van der Waals surface area (Å²) in [7, 11) is 0. The fourth-order valence-corrected chi connectivity index (χ4v) is 1.77. The van der Waals surface area contributed by atoms with Crippen LogP contribution in [0.1, 0.15) is 19.5 Å². The van der Waals surface area contributed by atoms with E-state index in [2.05, 4.69) is 15.3 Å². The fourth-order valence-electron chi connectivity index (χ4n) is 1.77. The number of nitrogens with zero attached hydrogens (tertiary/aromatic N) is 2. The van der Waals surface area contributed by atoms with Crippen LogP contribution in [0.15, 0.2) is 36.8 Å². The van der Waals surface area contributed by atoms with E-state index >= 15 is 0 Å². The van der Waals surface area contributed by atoms with Crippen LogP contribution in [-0.4, -0.2) is 23.2 Å². The number of nitrogens with one attached hydrogen (secondary N) is 1. The standard InChI is InChI=1S/C15H19N3O2/c1-3-19-14-6-5-12(9-15(14)20-4-2)18-11-13-10-16-7-8-17-13/h5-10,18H,3-4,11H2,1-2H3. The Bertz CT molecular complexity index is 532. The monoisotopic (exact) mass is 273 g/mol. The third kappa shape index (κ3) is 3.85. The summed E-state index contributed by atoms with van der Waals surface area (Å²) in [5.41, 5.74) is 1.85. The largest absolute Gasteiger partial charge is 0.490 e. The zero-order chi connectivity index (χ0) is 14.2. The molecule has 0 saturated heterocycles. The van der Waals surface area contributed by atoms with E-state index < -0.39 is 0 Å². The SMILES string of the molecule is CCOc1ccc(NCc2cnccn2)cc1OCC. The molecule has 0 aliphatic rings. The average molecular weight is 273 g/mol. The highest BCUT2D eigenvalue weighted by atomic mass is 16.5. The van der Waals surface area contributed by atoms with Crippen LogP contribution in [0.2, 0.25) is 0 Å². The van der Waals surface area contributed by atoms with Crippen molar-refractivity contribution in [1.82, 2.24) is 9.97 Å². The Hall–Kier alpha value is -2.30. The Morgan fingerprint density at radius 2 is 1.85 bits per heavy atom. The molecule has 0 bridgehead atoms. The number of ether oxygens (including phenoxy) is 2. The molecule has 0 aliphatic carbocycles. The van der Waals surface area contributed by atoms with Crippen LogP contribution in [0, 0.1) is 0 Å². The summed E-state index contributed by atoms with van der Waals surface area (Å²) in [5, 5.41) is 3.29. The van der Waals surface area contributed by atoms with E-state index in [1.807, 2.05) is 32.0 Å². The number of hydrogen-bond donors (Lipinski definition) is 1. The number of aromatic nitrogens is 2. The van der Waals surface area contributed by atoms with Crippen LogP contribution in [-0.2, 0) is 6.54 Å². The van der Waals surface area contributed by atoms with E-state index in [9.17, 15) is 0 Å². The van der Waals surface area contributed by atoms with Gasteiger partial charge in [0.15, 0.2) is 11.5 Å². The van der Waals surface area contributed by atoms with Gasteiger partial charge in [0, 0.05) is 24.1 Å². The van der Waals surface area contributed by atoms with E-state index in [4.69, 9.17) is 9.47 Å². The van der Waals surface area contributed by atoms with Crippen molar-refractivity contribution in [3.05, 3.63) is 42.5 Å². The zero-order valence-electron chi connectivity index (χ0n) is 11.8. The molecule has 2 rings (SSSR count). The van der Waals surface area contributed by atoms with Gasteiger partial charge in [-0.1, -0.05) is 0 Å². The molecule has 2 aromatic rings. The van der Waals surface area contributed by atoms with Crippen molar-refractivity contribution in [2.75, 3.05) is 18.5 Å². The van der Waals surface area contributed by atoms with Crippen molar-refractivity contribution < 1.29 is 9.47 Å². The predicted molar refractivity (Wildman–Crippen MR) is 78.1 cm³/mol. The molecule has 0 atom stereocenters. The van der Waals surface area contributed by atoms with Crippen molar-refractivity contribution >= 4 is 5.69 Å². The quantitative estimate of drug-likeness (QED) is 0.840. The highest BCUT2D eigenvalue weighted by molar-refractivity contribution is 5.54. The molecule has 1 N–H and O–H groups in total. The van der Waals surface area contributed by atoms with Crippen LogP contribution in [0.25, 0.3) is 0 Å². The van der Waals surface area contributed by atoms with Crippen molar-refractivity contribution in [3.63, 3.8) is 0 Å². The van der Waals surface area contributed by atoms with Gasteiger partial charge in [0.2, 0.25) is 0 Å². The van der Waals surface area contributed by atoms with Gasteiger partial charge in [-0.2, -0.15) is 0 Å². The third-order valence-electron chi connectivity index (χ3n) is 2.63. The lowest BCUT2D eigenvalue weighted by Crippen LogP contribution is -2.03. The van der Waals surface area contributed by atoms with Crippen LogP contribution in [0.3, 0.4) is 0 Å². The molecule has 1 aromatic heterocycles. The molecule has 0 radical (unpaired) electrons. The first-order chi connectivity index (χ1) is 9.83. The average Bonchev–Trinajstić information content (AvgIpc) is 2.49. The Morgan fingerprint density at radius 3 is 2.55 bits per heavy atom. The molecule has 20 heavy (non-hydrogen) atoms. The third-order valence-corrected chi connectivity index (χ3v) is 2.63.